The molecule has 192 valence electrons. The smallest absolute Gasteiger partial charge is 0.257 e. The lowest BCUT2D eigenvalue weighted by Gasteiger charge is -2.21. The van der Waals surface area contributed by atoms with Crippen molar-refractivity contribution in [2.75, 3.05) is 33.6 Å². The number of pyridine rings is 1. The van der Waals surface area contributed by atoms with E-state index < -0.39 is 10.0 Å². The van der Waals surface area contributed by atoms with Gasteiger partial charge in [0.2, 0.25) is 15.9 Å². The largest absolute Gasteiger partial charge is 0.353 e. The zero-order valence-electron chi connectivity index (χ0n) is 20.7. The van der Waals surface area contributed by atoms with Crippen molar-refractivity contribution >= 4 is 50.3 Å². The maximum Gasteiger partial charge on any atom is 0.257 e. The highest BCUT2D eigenvalue weighted by Crippen LogP contribution is 2.38. The average Bonchev–Trinajstić information content (AvgIpc) is 3.03. The van der Waals surface area contributed by atoms with E-state index in [0.29, 0.717) is 45.3 Å². The number of anilines is 5. The molecule has 0 bridgehead atoms. The molecule has 1 aliphatic heterocycles. The number of sulfonamides is 1. The molecule has 0 saturated heterocycles. The van der Waals surface area contributed by atoms with Gasteiger partial charge in [0.15, 0.2) is 0 Å². The van der Waals surface area contributed by atoms with E-state index in [9.17, 15) is 18.0 Å². The van der Waals surface area contributed by atoms with Crippen molar-refractivity contribution in [2.45, 2.75) is 6.42 Å². The molecule has 1 aromatic heterocycles. The summed E-state index contributed by atoms with van der Waals surface area (Å²) in [6.07, 6.45) is 2.92. The van der Waals surface area contributed by atoms with Gasteiger partial charge in [-0.1, -0.05) is 30.3 Å². The molecule has 10 heteroatoms. The first-order chi connectivity index (χ1) is 18.2. The van der Waals surface area contributed by atoms with Crippen molar-refractivity contribution in [2.24, 2.45) is 0 Å². The highest BCUT2D eigenvalue weighted by Gasteiger charge is 2.22. The molecule has 3 N–H and O–H groups in total. The molecule has 4 aromatic rings. The number of amides is 2. The maximum atomic E-state index is 13.0. The number of hydrogen-bond donors (Lipinski definition) is 3. The summed E-state index contributed by atoms with van der Waals surface area (Å²) >= 11 is 0. The topological polar surface area (TPSA) is 120 Å². The molecule has 0 spiro atoms. The van der Waals surface area contributed by atoms with Gasteiger partial charge in [-0.05, 0) is 54.1 Å². The molecule has 38 heavy (non-hydrogen) atoms. The highest BCUT2D eigenvalue weighted by molar-refractivity contribution is 7.92. The number of hydrogen-bond acceptors (Lipinski definition) is 6. The van der Waals surface area contributed by atoms with Gasteiger partial charge in [-0.2, -0.15) is 0 Å². The Morgan fingerprint density at radius 3 is 2.45 bits per heavy atom. The van der Waals surface area contributed by atoms with Crippen LogP contribution in [0.15, 0.2) is 85.1 Å². The first-order valence-corrected chi connectivity index (χ1v) is 13.6. The van der Waals surface area contributed by atoms with Gasteiger partial charge in [0.05, 0.1) is 41.0 Å². The third kappa shape index (κ3) is 5.21. The fourth-order valence-corrected chi connectivity index (χ4v) is 4.74. The Bertz CT molecular complexity index is 1660. The fraction of sp³-hybridized carbons (Fsp3) is 0.107. The van der Waals surface area contributed by atoms with Crippen LogP contribution >= 0.6 is 0 Å². The molecule has 5 rings (SSSR count). The number of benzene rings is 3. The van der Waals surface area contributed by atoms with Crippen LogP contribution < -0.4 is 20.3 Å². The zero-order valence-corrected chi connectivity index (χ0v) is 21.5. The Kier molecular flexibility index (Phi) is 6.56. The van der Waals surface area contributed by atoms with Crippen molar-refractivity contribution in [3.8, 4) is 11.1 Å². The van der Waals surface area contributed by atoms with Crippen molar-refractivity contribution in [3.05, 3.63) is 96.3 Å². The number of fused-ring (bicyclic) bond motifs is 2. The van der Waals surface area contributed by atoms with E-state index in [-0.39, 0.29) is 18.2 Å². The molecule has 9 nitrogen and oxygen atoms in total. The van der Waals surface area contributed by atoms with Crippen molar-refractivity contribution in [1.29, 1.82) is 0 Å². The zero-order chi connectivity index (χ0) is 26.9. The molecule has 1 aliphatic rings. The van der Waals surface area contributed by atoms with E-state index in [4.69, 9.17) is 0 Å². The Balaban J connectivity index is 1.46. The van der Waals surface area contributed by atoms with Crippen LogP contribution in [0.25, 0.3) is 11.1 Å². The van der Waals surface area contributed by atoms with E-state index in [0.717, 1.165) is 11.8 Å². The first-order valence-electron chi connectivity index (χ1n) is 11.8. The molecule has 0 atom stereocenters. The molecular weight excluding hydrogens is 502 g/mol. The number of rotatable bonds is 6. The van der Waals surface area contributed by atoms with Gasteiger partial charge in [0.25, 0.3) is 5.91 Å². The van der Waals surface area contributed by atoms with Crippen molar-refractivity contribution in [3.63, 3.8) is 0 Å². The van der Waals surface area contributed by atoms with Crippen LogP contribution in [0, 0.1) is 0 Å². The van der Waals surface area contributed by atoms with Gasteiger partial charge in [-0.15, -0.1) is 0 Å². The van der Waals surface area contributed by atoms with Gasteiger partial charge in [0.1, 0.15) is 0 Å². The monoisotopic (exact) mass is 527 g/mol. The standard InChI is InChI=1S/C28H25N5O4S/c1-33(38(2,36)37)26-9-4-3-8-21(26)18-10-12-22-24(15-18)31-25-16-20(11-13-23(25)32-28(22)35)30-27(34)17-19-7-5-6-14-29-19/h3-16,31H,17H2,1-2H3,(H,30,34)(H,32,35). The lowest BCUT2D eigenvalue weighted by Crippen LogP contribution is -2.25. The molecule has 0 fully saturated rings. The summed E-state index contributed by atoms with van der Waals surface area (Å²) in [5.74, 6) is -0.498. The van der Waals surface area contributed by atoms with Crippen LogP contribution in [0.3, 0.4) is 0 Å². The second-order valence-electron chi connectivity index (χ2n) is 8.89. The number of aromatic nitrogens is 1. The first kappa shape index (κ1) is 25.0. The predicted molar refractivity (Wildman–Crippen MR) is 149 cm³/mol. The molecule has 2 heterocycles. The summed E-state index contributed by atoms with van der Waals surface area (Å²) in [6, 6.07) is 23.1. The van der Waals surface area contributed by atoms with Crippen LogP contribution in [0.1, 0.15) is 16.1 Å². The van der Waals surface area contributed by atoms with Crippen LogP contribution in [0.5, 0.6) is 0 Å². The van der Waals surface area contributed by atoms with E-state index in [2.05, 4.69) is 20.9 Å². The second-order valence-corrected chi connectivity index (χ2v) is 10.9. The molecule has 0 radical (unpaired) electrons. The quantitative estimate of drug-likeness (QED) is 0.336. The number of nitrogens with zero attached hydrogens (tertiary/aromatic N) is 2. The molecule has 2 amide bonds. The second kappa shape index (κ2) is 9.98. The van der Waals surface area contributed by atoms with E-state index in [1.807, 2.05) is 24.3 Å². The number of carbonyl (C=O) groups excluding carboxylic acids is 2. The third-order valence-corrected chi connectivity index (χ3v) is 7.40. The third-order valence-electron chi connectivity index (χ3n) is 6.20. The van der Waals surface area contributed by atoms with Crippen molar-refractivity contribution < 1.29 is 18.0 Å². The van der Waals surface area contributed by atoms with E-state index >= 15 is 0 Å². The molecular formula is C28H25N5O4S. The normalized spacial score (nSPS) is 12.3. The van der Waals surface area contributed by atoms with E-state index in [1.165, 1.54) is 11.4 Å². The Labute approximate surface area is 220 Å². The lowest BCUT2D eigenvalue weighted by atomic mass is 10.0. The number of nitrogens with one attached hydrogen (secondary N) is 3. The van der Waals surface area contributed by atoms with Crippen LogP contribution in [0.2, 0.25) is 0 Å². The van der Waals surface area contributed by atoms with Gasteiger partial charge in [-0.25, -0.2) is 8.42 Å². The summed E-state index contributed by atoms with van der Waals surface area (Å²) in [5, 5.41) is 9.08. The van der Waals surface area contributed by atoms with Gasteiger partial charge >= 0.3 is 0 Å². The minimum Gasteiger partial charge on any atom is -0.353 e. The highest BCUT2D eigenvalue weighted by atomic mass is 32.2. The van der Waals surface area contributed by atoms with E-state index in [1.54, 1.807) is 60.8 Å². The average molecular weight is 528 g/mol. The summed E-state index contributed by atoms with van der Waals surface area (Å²) in [7, 11) is -1.97. The Hall–Kier alpha value is -4.70. The Morgan fingerprint density at radius 1 is 0.895 bits per heavy atom. The summed E-state index contributed by atoms with van der Waals surface area (Å²) in [5.41, 5.74) is 5.32. The minimum atomic E-state index is -3.48. The molecule has 0 saturated carbocycles. The minimum absolute atomic E-state index is 0.135. The molecule has 0 unspecified atom stereocenters. The summed E-state index contributed by atoms with van der Waals surface area (Å²) in [6.45, 7) is 0. The predicted octanol–water partition coefficient (Wildman–Crippen LogP) is 4.63. The summed E-state index contributed by atoms with van der Waals surface area (Å²) in [4.78, 5) is 29.7. The van der Waals surface area contributed by atoms with Gasteiger partial charge in [-0.3, -0.25) is 18.9 Å². The van der Waals surface area contributed by atoms with Crippen molar-refractivity contribution in [1.82, 2.24) is 4.98 Å². The summed E-state index contributed by atoms with van der Waals surface area (Å²) < 4.78 is 25.6. The van der Waals surface area contributed by atoms with Crippen LogP contribution in [0.4, 0.5) is 28.4 Å². The Morgan fingerprint density at radius 2 is 1.68 bits per heavy atom. The number of para-hydroxylation sites is 1. The maximum absolute atomic E-state index is 13.0. The SMILES string of the molecule is CN(c1ccccc1-c1ccc2c(c1)Nc1cc(NC(=O)Cc3ccccn3)ccc1NC2=O)S(C)(=O)=O. The van der Waals surface area contributed by atoms with Crippen LogP contribution in [-0.2, 0) is 21.2 Å². The molecule has 0 aliphatic carbocycles. The lowest BCUT2D eigenvalue weighted by molar-refractivity contribution is -0.115. The molecule has 3 aromatic carbocycles. The fourth-order valence-electron chi connectivity index (χ4n) is 4.23. The van der Waals surface area contributed by atoms with Gasteiger partial charge < -0.3 is 16.0 Å². The number of carbonyl (C=O) groups is 2. The van der Waals surface area contributed by atoms with Crippen LogP contribution in [-0.4, -0.2) is 38.5 Å². The van der Waals surface area contributed by atoms with Gasteiger partial charge in [0, 0.05) is 30.2 Å².